The molecule has 0 aliphatic carbocycles. The topological polar surface area (TPSA) is 85.5 Å². The SMILES string of the molecule is CC(C)Cc1noc(COCC(=O)O)n1. The summed E-state index contributed by atoms with van der Waals surface area (Å²) in [4.78, 5) is 14.2. The molecule has 0 spiro atoms. The molecule has 84 valence electrons. The Bertz CT molecular complexity index is 322. The van der Waals surface area contributed by atoms with E-state index < -0.39 is 5.97 Å². The van der Waals surface area contributed by atoms with E-state index in [1.165, 1.54) is 0 Å². The number of carboxylic acids is 1. The predicted octanol–water partition coefficient (Wildman–Crippen LogP) is 0.869. The number of ether oxygens (including phenoxy) is 1. The van der Waals surface area contributed by atoms with Gasteiger partial charge in [-0.2, -0.15) is 4.98 Å². The van der Waals surface area contributed by atoms with Crippen molar-refractivity contribution in [3.05, 3.63) is 11.7 Å². The fourth-order valence-corrected chi connectivity index (χ4v) is 1.02. The average molecular weight is 214 g/mol. The van der Waals surface area contributed by atoms with E-state index in [9.17, 15) is 4.79 Å². The van der Waals surface area contributed by atoms with Crippen LogP contribution in [-0.4, -0.2) is 27.8 Å². The summed E-state index contributed by atoms with van der Waals surface area (Å²) in [6.45, 7) is 3.78. The van der Waals surface area contributed by atoms with Crippen LogP contribution in [0.15, 0.2) is 4.52 Å². The Balaban J connectivity index is 2.36. The van der Waals surface area contributed by atoms with Crippen molar-refractivity contribution >= 4 is 5.97 Å². The Morgan fingerprint density at radius 1 is 1.60 bits per heavy atom. The third-order valence-corrected chi connectivity index (χ3v) is 1.55. The van der Waals surface area contributed by atoms with Gasteiger partial charge in [-0.15, -0.1) is 0 Å². The third kappa shape index (κ3) is 4.55. The van der Waals surface area contributed by atoms with Gasteiger partial charge in [0.25, 0.3) is 5.89 Å². The van der Waals surface area contributed by atoms with E-state index in [4.69, 9.17) is 14.4 Å². The number of aliphatic carboxylic acids is 1. The van der Waals surface area contributed by atoms with Crippen LogP contribution in [0.2, 0.25) is 0 Å². The van der Waals surface area contributed by atoms with Crippen LogP contribution in [-0.2, 0) is 22.6 Å². The van der Waals surface area contributed by atoms with Crippen molar-refractivity contribution in [2.45, 2.75) is 26.9 Å². The zero-order valence-corrected chi connectivity index (χ0v) is 8.77. The third-order valence-electron chi connectivity index (χ3n) is 1.55. The number of aromatic nitrogens is 2. The van der Waals surface area contributed by atoms with Gasteiger partial charge >= 0.3 is 5.97 Å². The lowest BCUT2D eigenvalue weighted by Gasteiger charge is -1.96. The van der Waals surface area contributed by atoms with Crippen LogP contribution in [0.1, 0.15) is 25.6 Å². The first kappa shape index (κ1) is 11.6. The van der Waals surface area contributed by atoms with Gasteiger partial charge < -0.3 is 14.4 Å². The maximum absolute atomic E-state index is 10.1. The molecule has 0 unspecified atom stereocenters. The van der Waals surface area contributed by atoms with Crippen molar-refractivity contribution in [1.82, 2.24) is 10.1 Å². The quantitative estimate of drug-likeness (QED) is 0.756. The van der Waals surface area contributed by atoms with Gasteiger partial charge in [0.2, 0.25) is 0 Å². The molecular formula is C9H14N2O4. The van der Waals surface area contributed by atoms with E-state index in [0.717, 1.165) is 6.42 Å². The minimum Gasteiger partial charge on any atom is -0.480 e. The molecule has 0 saturated heterocycles. The number of hydrogen-bond donors (Lipinski definition) is 1. The summed E-state index contributed by atoms with van der Waals surface area (Å²) in [6.07, 6.45) is 0.739. The largest absolute Gasteiger partial charge is 0.480 e. The Hall–Kier alpha value is -1.43. The molecule has 1 heterocycles. The molecule has 1 rings (SSSR count). The second kappa shape index (κ2) is 5.45. The molecule has 0 aromatic carbocycles. The molecule has 0 aliphatic heterocycles. The summed E-state index contributed by atoms with van der Waals surface area (Å²) in [5.41, 5.74) is 0. The van der Waals surface area contributed by atoms with Crippen molar-refractivity contribution in [2.24, 2.45) is 5.92 Å². The number of hydrogen-bond acceptors (Lipinski definition) is 5. The lowest BCUT2D eigenvalue weighted by atomic mass is 10.1. The fraction of sp³-hybridized carbons (Fsp3) is 0.667. The predicted molar refractivity (Wildman–Crippen MR) is 50.1 cm³/mol. The summed E-state index contributed by atoms with van der Waals surface area (Å²) in [5, 5.41) is 12.1. The standard InChI is InChI=1S/C9H14N2O4/c1-6(2)3-7-10-8(15-11-7)4-14-5-9(12)13/h6H,3-5H2,1-2H3,(H,12,13). The molecule has 0 atom stereocenters. The van der Waals surface area contributed by atoms with Crippen LogP contribution in [0.4, 0.5) is 0 Å². The monoisotopic (exact) mass is 214 g/mol. The first-order valence-corrected chi connectivity index (χ1v) is 4.69. The number of carbonyl (C=O) groups is 1. The van der Waals surface area contributed by atoms with Crippen LogP contribution in [0.5, 0.6) is 0 Å². The summed E-state index contributed by atoms with van der Waals surface area (Å²) in [7, 11) is 0. The summed E-state index contributed by atoms with van der Waals surface area (Å²) in [5.74, 6) is 0.373. The summed E-state index contributed by atoms with van der Waals surface area (Å²) >= 11 is 0. The fourth-order valence-electron chi connectivity index (χ4n) is 1.02. The Kier molecular flexibility index (Phi) is 4.23. The first-order valence-electron chi connectivity index (χ1n) is 4.69. The minimum atomic E-state index is -1.02. The second-order valence-corrected chi connectivity index (χ2v) is 3.59. The molecule has 1 aromatic heterocycles. The molecule has 0 radical (unpaired) electrons. The second-order valence-electron chi connectivity index (χ2n) is 3.59. The highest BCUT2D eigenvalue weighted by atomic mass is 16.5. The van der Waals surface area contributed by atoms with E-state index in [0.29, 0.717) is 17.6 Å². The zero-order chi connectivity index (χ0) is 11.3. The van der Waals surface area contributed by atoms with Crippen LogP contribution < -0.4 is 0 Å². The highest BCUT2D eigenvalue weighted by Gasteiger charge is 2.08. The van der Waals surface area contributed by atoms with Gasteiger partial charge in [0.05, 0.1) is 0 Å². The van der Waals surface area contributed by atoms with Gasteiger partial charge in [0.1, 0.15) is 13.2 Å². The van der Waals surface area contributed by atoms with Crippen molar-refractivity contribution in [1.29, 1.82) is 0 Å². The molecule has 0 fully saturated rings. The van der Waals surface area contributed by atoms with Crippen LogP contribution in [0.3, 0.4) is 0 Å². The number of nitrogens with zero attached hydrogens (tertiary/aromatic N) is 2. The van der Waals surface area contributed by atoms with Gasteiger partial charge in [-0.3, -0.25) is 0 Å². The van der Waals surface area contributed by atoms with E-state index in [2.05, 4.69) is 24.0 Å². The molecule has 1 N–H and O–H groups in total. The Morgan fingerprint density at radius 3 is 2.93 bits per heavy atom. The molecule has 15 heavy (non-hydrogen) atoms. The molecule has 1 aromatic rings. The normalized spacial score (nSPS) is 10.9. The van der Waals surface area contributed by atoms with E-state index in [1.807, 2.05) is 0 Å². The van der Waals surface area contributed by atoms with Crippen molar-refractivity contribution in [3.63, 3.8) is 0 Å². The highest BCUT2D eigenvalue weighted by molar-refractivity contribution is 5.67. The van der Waals surface area contributed by atoms with Crippen molar-refractivity contribution in [2.75, 3.05) is 6.61 Å². The lowest BCUT2D eigenvalue weighted by molar-refractivity contribution is -0.142. The molecule has 0 amide bonds. The van der Waals surface area contributed by atoms with Crippen LogP contribution in [0, 0.1) is 5.92 Å². The van der Waals surface area contributed by atoms with Gasteiger partial charge in [-0.25, -0.2) is 4.79 Å². The summed E-state index contributed by atoms with van der Waals surface area (Å²) in [6, 6.07) is 0. The van der Waals surface area contributed by atoms with Crippen molar-refractivity contribution < 1.29 is 19.2 Å². The van der Waals surface area contributed by atoms with E-state index in [-0.39, 0.29) is 13.2 Å². The van der Waals surface area contributed by atoms with Crippen LogP contribution in [0.25, 0.3) is 0 Å². The van der Waals surface area contributed by atoms with Gasteiger partial charge in [-0.1, -0.05) is 19.0 Å². The maximum Gasteiger partial charge on any atom is 0.329 e. The van der Waals surface area contributed by atoms with Gasteiger partial charge in [0.15, 0.2) is 5.82 Å². The Labute approximate surface area is 87.2 Å². The molecule has 0 saturated carbocycles. The highest BCUT2D eigenvalue weighted by Crippen LogP contribution is 2.05. The van der Waals surface area contributed by atoms with E-state index in [1.54, 1.807) is 0 Å². The molecule has 0 aliphatic rings. The zero-order valence-electron chi connectivity index (χ0n) is 8.77. The molecule has 6 nitrogen and oxygen atoms in total. The summed E-state index contributed by atoms with van der Waals surface area (Å²) < 4.78 is 9.67. The van der Waals surface area contributed by atoms with Gasteiger partial charge in [0, 0.05) is 6.42 Å². The molecular weight excluding hydrogens is 200 g/mol. The lowest BCUT2D eigenvalue weighted by Crippen LogP contribution is -2.06. The first-order chi connectivity index (χ1) is 7.08. The molecule has 0 bridgehead atoms. The number of rotatable bonds is 6. The van der Waals surface area contributed by atoms with Gasteiger partial charge in [-0.05, 0) is 5.92 Å². The Morgan fingerprint density at radius 2 is 2.33 bits per heavy atom. The number of carboxylic acid groups (broad SMARTS) is 1. The van der Waals surface area contributed by atoms with Crippen molar-refractivity contribution in [3.8, 4) is 0 Å². The minimum absolute atomic E-state index is 0.0391. The van der Waals surface area contributed by atoms with Crippen LogP contribution >= 0.6 is 0 Å². The van der Waals surface area contributed by atoms with E-state index >= 15 is 0 Å². The molecule has 6 heteroatoms. The maximum atomic E-state index is 10.1. The smallest absolute Gasteiger partial charge is 0.329 e. The average Bonchev–Trinajstić information content (AvgIpc) is 2.50.